The summed E-state index contributed by atoms with van der Waals surface area (Å²) >= 11 is 0. The van der Waals surface area contributed by atoms with Crippen LogP contribution in [0, 0.1) is 0 Å². The molecule has 110 valence electrons. The molecule has 0 saturated heterocycles. The molecule has 1 rings (SSSR count). The van der Waals surface area contributed by atoms with Crippen molar-refractivity contribution in [3.8, 4) is 0 Å². The summed E-state index contributed by atoms with van der Waals surface area (Å²) in [6, 6.07) is 8.01. The van der Waals surface area contributed by atoms with Gasteiger partial charge in [-0.3, -0.25) is 4.79 Å². The SMILES string of the molecule is CCOC(=O)CC(=NOC)c1ccc(C(C)(C)C)cc1. The zero-order valence-corrected chi connectivity index (χ0v) is 12.9. The first-order valence-electron chi connectivity index (χ1n) is 6.75. The summed E-state index contributed by atoms with van der Waals surface area (Å²) in [5.41, 5.74) is 2.77. The van der Waals surface area contributed by atoms with Gasteiger partial charge in [0, 0.05) is 0 Å². The fraction of sp³-hybridized carbons (Fsp3) is 0.500. The summed E-state index contributed by atoms with van der Waals surface area (Å²) in [5.74, 6) is -0.303. The molecule has 0 atom stereocenters. The van der Waals surface area contributed by atoms with E-state index in [0.717, 1.165) is 5.56 Å². The van der Waals surface area contributed by atoms with E-state index in [0.29, 0.717) is 12.3 Å². The van der Waals surface area contributed by atoms with Gasteiger partial charge in [-0.05, 0) is 23.5 Å². The van der Waals surface area contributed by atoms with Crippen molar-refractivity contribution < 1.29 is 14.4 Å². The molecule has 0 aliphatic rings. The summed E-state index contributed by atoms with van der Waals surface area (Å²) in [7, 11) is 1.47. The van der Waals surface area contributed by atoms with E-state index in [1.165, 1.54) is 12.7 Å². The molecule has 0 fully saturated rings. The van der Waals surface area contributed by atoms with Crippen molar-refractivity contribution in [2.75, 3.05) is 13.7 Å². The predicted molar refractivity (Wildman–Crippen MR) is 79.9 cm³/mol. The molecule has 1 aromatic carbocycles. The highest BCUT2D eigenvalue weighted by Gasteiger charge is 2.15. The lowest BCUT2D eigenvalue weighted by Crippen LogP contribution is -2.14. The van der Waals surface area contributed by atoms with Crippen molar-refractivity contribution in [2.45, 2.75) is 39.5 Å². The minimum atomic E-state index is -0.303. The summed E-state index contributed by atoms with van der Waals surface area (Å²) in [4.78, 5) is 16.4. The van der Waals surface area contributed by atoms with Gasteiger partial charge < -0.3 is 9.57 Å². The first kappa shape index (κ1) is 16.2. The number of hydrogen-bond acceptors (Lipinski definition) is 4. The van der Waals surface area contributed by atoms with Crippen molar-refractivity contribution in [3.05, 3.63) is 35.4 Å². The Kier molecular flexibility index (Phi) is 5.74. The molecule has 0 bridgehead atoms. The second-order valence-electron chi connectivity index (χ2n) is 5.53. The first-order valence-corrected chi connectivity index (χ1v) is 6.75. The highest BCUT2D eigenvalue weighted by molar-refractivity contribution is 6.09. The summed E-state index contributed by atoms with van der Waals surface area (Å²) in [6.45, 7) is 8.62. The van der Waals surface area contributed by atoms with E-state index in [4.69, 9.17) is 9.57 Å². The van der Waals surface area contributed by atoms with E-state index in [2.05, 4.69) is 25.9 Å². The Morgan fingerprint density at radius 2 is 1.80 bits per heavy atom. The fourth-order valence-electron chi connectivity index (χ4n) is 1.81. The van der Waals surface area contributed by atoms with Gasteiger partial charge in [0.15, 0.2) is 0 Å². The highest BCUT2D eigenvalue weighted by Crippen LogP contribution is 2.22. The van der Waals surface area contributed by atoms with Crippen LogP contribution >= 0.6 is 0 Å². The topological polar surface area (TPSA) is 47.9 Å². The van der Waals surface area contributed by atoms with Crippen LogP contribution in [0.1, 0.15) is 45.2 Å². The minimum absolute atomic E-state index is 0.0955. The molecule has 4 heteroatoms. The number of nitrogens with zero attached hydrogens (tertiary/aromatic N) is 1. The van der Waals surface area contributed by atoms with Crippen LogP contribution < -0.4 is 0 Å². The van der Waals surface area contributed by atoms with Crippen LogP contribution in [0.4, 0.5) is 0 Å². The van der Waals surface area contributed by atoms with Crippen LogP contribution in [-0.4, -0.2) is 25.4 Å². The van der Waals surface area contributed by atoms with Gasteiger partial charge in [0.2, 0.25) is 0 Å². The standard InChI is InChI=1S/C16H23NO3/c1-6-20-15(18)11-14(17-19-5)12-7-9-13(10-8-12)16(2,3)4/h7-10H,6,11H2,1-5H3. The molecular formula is C16H23NO3. The molecule has 0 aliphatic carbocycles. The minimum Gasteiger partial charge on any atom is -0.466 e. The van der Waals surface area contributed by atoms with Crippen LogP contribution in [-0.2, 0) is 19.8 Å². The average Bonchev–Trinajstić information content (AvgIpc) is 2.38. The van der Waals surface area contributed by atoms with E-state index in [-0.39, 0.29) is 17.8 Å². The number of rotatable bonds is 5. The van der Waals surface area contributed by atoms with E-state index in [9.17, 15) is 4.79 Å². The molecule has 0 spiro atoms. The molecular weight excluding hydrogens is 254 g/mol. The molecule has 0 radical (unpaired) electrons. The largest absolute Gasteiger partial charge is 0.466 e. The van der Waals surface area contributed by atoms with E-state index in [1.54, 1.807) is 6.92 Å². The van der Waals surface area contributed by atoms with Crippen LogP contribution in [0.15, 0.2) is 29.4 Å². The maximum Gasteiger partial charge on any atom is 0.312 e. The van der Waals surface area contributed by atoms with Crippen molar-refractivity contribution >= 4 is 11.7 Å². The second-order valence-corrected chi connectivity index (χ2v) is 5.53. The Morgan fingerprint density at radius 3 is 2.25 bits per heavy atom. The summed E-state index contributed by atoms with van der Waals surface area (Å²) in [5, 5.41) is 3.92. The van der Waals surface area contributed by atoms with Gasteiger partial charge in [0.05, 0.1) is 18.7 Å². The molecule has 1 aromatic rings. The predicted octanol–water partition coefficient (Wildman–Crippen LogP) is 3.29. The quantitative estimate of drug-likeness (QED) is 0.471. The molecule has 20 heavy (non-hydrogen) atoms. The van der Waals surface area contributed by atoms with Crippen molar-refractivity contribution in [2.24, 2.45) is 5.16 Å². The Balaban J connectivity index is 2.93. The van der Waals surface area contributed by atoms with Crippen molar-refractivity contribution in [1.29, 1.82) is 0 Å². The maximum atomic E-state index is 11.6. The Labute approximate surface area is 120 Å². The van der Waals surface area contributed by atoms with Gasteiger partial charge in [-0.1, -0.05) is 50.2 Å². The van der Waals surface area contributed by atoms with E-state index < -0.39 is 0 Å². The number of carbonyl (C=O) groups excluding carboxylic acids is 1. The Bertz CT molecular complexity index is 469. The lowest BCUT2D eigenvalue weighted by atomic mass is 9.86. The first-order chi connectivity index (χ1) is 9.38. The number of benzene rings is 1. The number of esters is 1. The van der Waals surface area contributed by atoms with Crippen molar-refractivity contribution in [3.63, 3.8) is 0 Å². The molecule has 0 amide bonds. The van der Waals surface area contributed by atoms with Gasteiger partial charge >= 0.3 is 5.97 Å². The molecule has 0 saturated carbocycles. The normalized spacial score (nSPS) is 12.2. The molecule has 0 aliphatic heterocycles. The second kappa shape index (κ2) is 7.08. The van der Waals surface area contributed by atoms with E-state index in [1.807, 2.05) is 24.3 Å². The average molecular weight is 277 g/mol. The molecule has 0 heterocycles. The third kappa shape index (κ3) is 4.68. The molecule has 4 nitrogen and oxygen atoms in total. The zero-order chi connectivity index (χ0) is 15.2. The number of carbonyl (C=O) groups is 1. The number of ether oxygens (including phenoxy) is 1. The zero-order valence-electron chi connectivity index (χ0n) is 12.9. The third-order valence-electron chi connectivity index (χ3n) is 2.90. The van der Waals surface area contributed by atoms with Gasteiger partial charge in [0.25, 0.3) is 0 Å². The molecule has 0 N–H and O–H groups in total. The van der Waals surface area contributed by atoms with E-state index >= 15 is 0 Å². The van der Waals surface area contributed by atoms with Crippen LogP contribution in [0.3, 0.4) is 0 Å². The van der Waals surface area contributed by atoms with Gasteiger partial charge in [0.1, 0.15) is 7.11 Å². The summed E-state index contributed by atoms with van der Waals surface area (Å²) in [6.07, 6.45) is 0.108. The maximum absolute atomic E-state index is 11.6. The molecule has 0 unspecified atom stereocenters. The van der Waals surface area contributed by atoms with Gasteiger partial charge in [-0.2, -0.15) is 0 Å². The Hall–Kier alpha value is -1.84. The van der Waals surface area contributed by atoms with Crippen LogP contribution in [0.2, 0.25) is 0 Å². The smallest absolute Gasteiger partial charge is 0.312 e. The van der Waals surface area contributed by atoms with Gasteiger partial charge in [-0.15, -0.1) is 0 Å². The lowest BCUT2D eigenvalue weighted by molar-refractivity contribution is -0.141. The number of hydrogen-bond donors (Lipinski definition) is 0. The van der Waals surface area contributed by atoms with Crippen LogP contribution in [0.25, 0.3) is 0 Å². The van der Waals surface area contributed by atoms with Crippen molar-refractivity contribution in [1.82, 2.24) is 0 Å². The number of oxime groups is 1. The monoisotopic (exact) mass is 277 g/mol. The molecule has 0 aromatic heterocycles. The highest BCUT2D eigenvalue weighted by atomic mass is 16.6. The Morgan fingerprint density at radius 1 is 1.20 bits per heavy atom. The van der Waals surface area contributed by atoms with Crippen LogP contribution in [0.5, 0.6) is 0 Å². The third-order valence-corrected chi connectivity index (χ3v) is 2.90. The fourth-order valence-corrected chi connectivity index (χ4v) is 1.81. The summed E-state index contributed by atoms with van der Waals surface area (Å²) < 4.78 is 4.94. The lowest BCUT2D eigenvalue weighted by Gasteiger charge is -2.19. The van der Waals surface area contributed by atoms with Gasteiger partial charge in [-0.25, -0.2) is 0 Å².